The van der Waals surface area contributed by atoms with Crippen molar-refractivity contribution in [2.24, 2.45) is 5.92 Å². The minimum atomic E-state index is -1.15. The molecule has 0 radical (unpaired) electrons. The average molecular weight is 324 g/mol. The molecule has 0 fully saturated rings. The maximum absolute atomic E-state index is 12.0. The van der Waals surface area contributed by atoms with E-state index in [2.05, 4.69) is 4.74 Å². The zero-order valence-electron chi connectivity index (χ0n) is 13.0. The largest absolute Gasteiger partial charge is 0.465 e. The van der Waals surface area contributed by atoms with Crippen molar-refractivity contribution in [2.75, 3.05) is 19.0 Å². The first-order valence-electron chi connectivity index (χ1n) is 7.06. The van der Waals surface area contributed by atoms with Crippen LogP contribution in [0.4, 0.5) is 0 Å². The van der Waals surface area contributed by atoms with Crippen LogP contribution in [0, 0.1) is 12.8 Å². The highest BCUT2D eigenvalue weighted by molar-refractivity contribution is 7.99. The van der Waals surface area contributed by atoms with E-state index in [1.807, 2.05) is 31.2 Å². The second-order valence-electron chi connectivity index (χ2n) is 4.51. The molecule has 1 aromatic carbocycles. The van der Waals surface area contributed by atoms with Gasteiger partial charge in [-0.25, -0.2) is 4.79 Å². The van der Waals surface area contributed by atoms with E-state index in [1.165, 1.54) is 11.8 Å². The van der Waals surface area contributed by atoms with E-state index in [9.17, 15) is 14.4 Å². The molecule has 0 aromatic heterocycles. The van der Waals surface area contributed by atoms with Gasteiger partial charge in [-0.05, 0) is 32.9 Å². The van der Waals surface area contributed by atoms with Crippen LogP contribution in [-0.2, 0) is 23.9 Å². The van der Waals surface area contributed by atoms with Crippen LogP contribution in [0.25, 0.3) is 0 Å². The van der Waals surface area contributed by atoms with Crippen molar-refractivity contribution in [3.63, 3.8) is 0 Å². The van der Waals surface area contributed by atoms with Crippen molar-refractivity contribution in [1.82, 2.24) is 0 Å². The van der Waals surface area contributed by atoms with E-state index in [0.717, 1.165) is 10.5 Å². The Hall–Kier alpha value is -1.82. The molecule has 5 nitrogen and oxygen atoms in total. The molecule has 6 heteroatoms. The highest BCUT2D eigenvalue weighted by Crippen LogP contribution is 2.22. The molecule has 1 rings (SSSR count). The molecule has 1 aromatic rings. The predicted molar refractivity (Wildman–Crippen MR) is 83.7 cm³/mol. The molecule has 120 valence electrons. The number of aryl methyl sites for hydroxylation is 1. The molecule has 0 spiro atoms. The highest BCUT2D eigenvalue weighted by atomic mass is 32.2. The highest BCUT2D eigenvalue weighted by Gasteiger charge is 2.34. The van der Waals surface area contributed by atoms with E-state index in [4.69, 9.17) is 4.74 Å². The molecule has 0 N–H and O–H groups in total. The summed E-state index contributed by atoms with van der Waals surface area (Å²) in [6.07, 6.45) is 0. The number of esters is 2. The first-order valence-corrected chi connectivity index (χ1v) is 8.05. The van der Waals surface area contributed by atoms with Crippen molar-refractivity contribution in [3.05, 3.63) is 29.8 Å². The maximum Gasteiger partial charge on any atom is 0.375 e. The Morgan fingerprint density at radius 3 is 2.18 bits per heavy atom. The molecule has 0 amide bonds. The van der Waals surface area contributed by atoms with Crippen LogP contribution in [0.3, 0.4) is 0 Å². The molecule has 0 bridgehead atoms. The maximum atomic E-state index is 12.0. The summed E-state index contributed by atoms with van der Waals surface area (Å²) in [5, 5.41) is 0. The summed E-state index contributed by atoms with van der Waals surface area (Å²) in [6, 6.07) is 7.68. The third kappa shape index (κ3) is 5.52. The van der Waals surface area contributed by atoms with E-state index < -0.39 is 23.6 Å². The number of benzene rings is 1. The lowest BCUT2D eigenvalue weighted by Crippen LogP contribution is -2.34. The second-order valence-corrected chi connectivity index (χ2v) is 5.61. The number of rotatable bonds is 8. The number of ether oxygens (including phenoxy) is 2. The van der Waals surface area contributed by atoms with Gasteiger partial charge in [0.25, 0.3) is 5.78 Å². The van der Waals surface area contributed by atoms with Gasteiger partial charge in [-0.3, -0.25) is 9.59 Å². The van der Waals surface area contributed by atoms with Gasteiger partial charge >= 0.3 is 11.9 Å². The lowest BCUT2D eigenvalue weighted by molar-refractivity contribution is -0.161. The summed E-state index contributed by atoms with van der Waals surface area (Å²) in [6.45, 7) is 5.47. The number of Topliss-reactive ketones (excluding diaryl/α,β-unsaturated/α-hetero) is 1. The third-order valence-corrected chi connectivity index (χ3v) is 3.91. The zero-order chi connectivity index (χ0) is 16.5. The summed E-state index contributed by atoms with van der Waals surface area (Å²) in [5.74, 6) is -3.56. The van der Waals surface area contributed by atoms with Gasteiger partial charge in [-0.1, -0.05) is 17.7 Å². The van der Waals surface area contributed by atoms with E-state index in [1.54, 1.807) is 13.8 Å². The number of hydrogen-bond acceptors (Lipinski definition) is 6. The number of ketones is 1. The lowest BCUT2D eigenvalue weighted by Gasteiger charge is -2.13. The zero-order valence-corrected chi connectivity index (χ0v) is 13.8. The molecule has 0 aliphatic rings. The minimum absolute atomic E-state index is 0.0885. The van der Waals surface area contributed by atoms with Crippen molar-refractivity contribution in [2.45, 2.75) is 25.7 Å². The van der Waals surface area contributed by atoms with Crippen LogP contribution < -0.4 is 0 Å². The number of hydrogen-bond donors (Lipinski definition) is 0. The van der Waals surface area contributed by atoms with Gasteiger partial charge in [0.2, 0.25) is 0 Å². The van der Waals surface area contributed by atoms with Gasteiger partial charge in [0.1, 0.15) is 5.92 Å². The molecule has 0 aliphatic heterocycles. The third-order valence-electron chi connectivity index (χ3n) is 2.80. The van der Waals surface area contributed by atoms with E-state index >= 15 is 0 Å². The molecular formula is C16H20O5S. The normalized spacial score (nSPS) is 11.6. The fourth-order valence-corrected chi connectivity index (χ4v) is 2.63. The monoisotopic (exact) mass is 324 g/mol. The Kier molecular flexibility index (Phi) is 7.66. The van der Waals surface area contributed by atoms with Gasteiger partial charge in [0, 0.05) is 10.6 Å². The Balaban J connectivity index is 2.77. The number of carbonyl (C=O) groups excluding carboxylic acids is 3. The molecule has 1 atom stereocenters. The van der Waals surface area contributed by atoms with Crippen molar-refractivity contribution >= 4 is 29.5 Å². The van der Waals surface area contributed by atoms with Crippen molar-refractivity contribution in [3.8, 4) is 0 Å². The predicted octanol–water partition coefficient (Wildman–Crippen LogP) is 2.40. The summed E-state index contributed by atoms with van der Waals surface area (Å²) in [7, 11) is 0. The van der Waals surface area contributed by atoms with Crippen LogP contribution in [0.15, 0.2) is 29.2 Å². The second kappa shape index (κ2) is 9.25. The number of thioether (sulfide) groups is 1. The van der Waals surface area contributed by atoms with Crippen molar-refractivity contribution < 1.29 is 23.9 Å². The van der Waals surface area contributed by atoms with Gasteiger partial charge in [-0.2, -0.15) is 0 Å². The van der Waals surface area contributed by atoms with Gasteiger partial charge in [0.05, 0.1) is 13.2 Å². The van der Waals surface area contributed by atoms with Gasteiger partial charge in [-0.15, -0.1) is 11.8 Å². The van der Waals surface area contributed by atoms with Gasteiger partial charge < -0.3 is 9.47 Å². The fraction of sp³-hybridized carbons (Fsp3) is 0.438. The molecule has 0 saturated carbocycles. The summed E-state index contributed by atoms with van der Waals surface area (Å²) >= 11 is 1.33. The Morgan fingerprint density at radius 1 is 1.05 bits per heavy atom. The van der Waals surface area contributed by atoms with E-state index in [-0.39, 0.29) is 19.0 Å². The molecule has 0 aliphatic carbocycles. The SMILES string of the molecule is CCOC(=O)C(=O)C(CSc1ccc(C)cc1)C(=O)OCC. The quantitative estimate of drug-likeness (QED) is 0.316. The van der Waals surface area contributed by atoms with Crippen LogP contribution in [0.2, 0.25) is 0 Å². The number of carbonyl (C=O) groups is 3. The van der Waals surface area contributed by atoms with Gasteiger partial charge in [0.15, 0.2) is 0 Å². The van der Waals surface area contributed by atoms with E-state index in [0.29, 0.717) is 0 Å². The summed E-state index contributed by atoms with van der Waals surface area (Å²) < 4.78 is 9.56. The lowest BCUT2D eigenvalue weighted by atomic mass is 10.1. The standard InChI is InChI=1S/C16H20O5S/c1-4-20-15(18)13(14(17)16(19)21-5-2)10-22-12-8-6-11(3)7-9-12/h6-9,13H,4-5,10H2,1-3H3. The van der Waals surface area contributed by atoms with Crippen LogP contribution in [0.5, 0.6) is 0 Å². The van der Waals surface area contributed by atoms with Crippen LogP contribution in [-0.4, -0.2) is 36.7 Å². The molecule has 0 saturated heterocycles. The van der Waals surface area contributed by atoms with Crippen LogP contribution in [0.1, 0.15) is 19.4 Å². The smallest absolute Gasteiger partial charge is 0.375 e. The summed E-state index contributed by atoms with van der Waals surface area (Å²) in [5.41, 5.74) is 1.12. The summed E-state index contributed by atoms with van der Waals surface area (Å²) in [4.78, 5) is 36.4. The fourth-order valence-electron chi connectivity index (χ4n) is 1.65. The van der Waals surface area contributed by atoms with Crippen molar-refractivity contribution in [1.29, 1.82) is 0 Å². The molecule has 22 heavy (non-hydrogen) atoms. The Bertz CT molecular complexity index is 524. The van der Waals surface area contributed by atoms with Crippen LogP contribution >= 0.6 is 11.8 Å². The molecular weight excluding hydrogens is 304 g/mol. The average Bonchev–Trinajstić information content (AvgIpc) is 2.49. The Morgan fingerprint density at radius 2 is 1.64 bits per heavy atom. The first-order chi connectivity index (χ1) is 10.5. The topological polar surface area (TPSA) is 69.7 Å². The molecule has 0 heterocycles. The Labute approximate surface area is 134 Å². The molecule has 1 unspecified atom stereocenters. The minimum Gasteiger partial charge on any atom is -0.465 e. The first kappa shape index (κ1) is 18.2.